The number of hydrogen-bond acceptors (Lipinski definition) is 3. The molecule has 0 heterocycles. The van der Waals surface area contributed by atoms with Crippen LogP contribution in [-0.2, 0) is 0 Å². The van der Waals surface area contributed by atoms with Crippen LogP contribution in [0.5, 0.6) is 11.5 Å². The van der Waals surface area contributed by atoms with Crippen molar-refractivity contribution in [2.45, 2.75) is 46.0 Å². The van der Waals surface area contributed by atoms with Crippen LogP contribution < -0.4 is 20.0 Å². The van der Waals surface area contributed by atoms with Gasteiger partial charge in [0.2, 0.25) is 0 Å². The molecule has 5 heteroatoms. The van der Waals surface area contributed by atoms with Crippen molar-refractivity contribution in [3.8, 4) is 11.5 Å². The third-order valence-corrected chi connectivity index (χ3v) is 5.07. The summed E-state index contributed by atoms with van der Waals surface area (Å²) in [7, 11) is 1.64. The van der Waals surface area contributed by atoms with E-state index < -0.39 is 8.07 Å². The highest BCUT2D eigenvalue weighted by Crippen LogP contribution is 2.25. The van der Waals surface area contributed by atoms with E-state index in [0.717, 1.165) is 10.9 Å². The fourth-order valence-corrected chi connectivity index (χ4v) is 3.55. The molecule has 1 rings (SSSR count). The van der Waals surface area contributed by atoms with Crippen LogP contribution in [0.15, 0.2) is 12.1 Å². The molecule has 0 radical (unpaired) electrons. The highest BCUT2D eigenvalue weighted by molar-refractivity contribution is 6.89. The molecule has 4 nitrogen and oxygen atoms in total. The standard InChI is InChI=1S/C16H27NO3Si/c1-16(2,3)17-15(18)11-9-13(20-5)14(21(6,7)8)10-12(11)19-4/h9-10H,1-8H3,(H,17,18). The lowest BCUT2D eigenvalue weighted by Gasteiger charge is -2.24. The second-order valence-electron chi connectivity index (χ2n) is 7.21. The van der Waals surface area contributed by atoms with Gasteiger partial charge in [-0.05, 0) is 38.1 Å². The first-order valence-electron chi connectivity index (χ1n) is 7.08. The van der Waals surface area contributed by atoms with E-state index in [1.165, 1.54) is 0 Å². The highest BCUT2D eigenvalue weighted by Gasteiger charge is 2.26. The second kappa shape index (κ2) is 6.09. The molecular formula is C16H27NO3Si. The molecule has 0 aliphatic carbocycles. The van der Waals surface area contributed by atoms with Gasteiger partial charge < -0.3 is 14.8 Å². The average molecular weight is 309 g/mol. The molecule has 0 spiro atoms. The summed E-state index contributed by atoms with van der Waals surface area (Å²) in [5.74, 6) is 1.20. The molecule has 1 aromatic carbocycles. The number of carbonyl (C=O) groups is 1. The largest absolute Gasteiger partial charge is 0.497 e. The minimum Gasteiger partial charge on any atom is -0.497 e. The molecule has 0 aliphatic heterocycles. The van der Waals surface area contributed by atoms with Crippen molar-refractivity contribution in [1.29, 1.82) is 0 Å². The predicted molar refractivity (Wildman–Crippen MR) is 89.7 cm³/mol. The Morgan fingerprint density at radius 3 is 1.95 bits per heavy atom. The predicted octanol–water partition coefficient (Wildman–Crippen LogP) is 2.78. The molecule has 0 aliphatic rings. The monoisotopic (exact) mass is 309 g/mol. The summed E-state index contributed by atoms with van der Waals surface area (Å²) in [6.45, 7) is 12.6. The Balaban J connectivity index is 3.37. The van der Waals surface area contributed by atoms with E-state index in [4.69, 9.17) is 9.47 Å². The molecular weight excluding hydrogens is 282 g/mol. The van der Waals surface area contributed by atoms with Crippen LogP contribution >= 0.6 is 0 Å². The van der Waals surface area contributed by atoms with Crippen LogP contribution in [0.25, 0.3) is 0 Å². The van der Waals surface area contributed by atoms with Gasteiger partial charge in [0.25, 0.3) is 5.91 Å². The maximum absolute atomic E-state index is 12.4. The van der Waals surface area contributed by atoms with E-state index in [0.29, 0.717) is 11.3 Å². The molecule has 21 heavy (non-hydrogen) atoms. The fraction of sp³-hybridized carbons (Fsp3) is 0.562. The summed E-state index contributed by atoms with van der Waals surface area (Å²) in [6.07, 6.45) is 0. The molecule has 1 amide bonds. The fourth-order valence-electron chi connectivity index (χ4n) is 2.07. The molecule has 1 N–H and O–H groups in total. The third-order valence-electron chi connectivity index (χ3n) is 3.06. The molecule has 1 aromatic rings. The Morgan fingerprint density at radius 1 is 1.05 bits per heavy atom. The number of rotatable bonds is 4. The lowest BCUT2D eigenvalue weighted by atomic mass is 10.1. The Morgan fingerprint density at radius 2 is 1.57 bits per heavy atom. The van der Waals surface area contributed by atoms with Gasteiger partial charge in [-0.2, -0.15) is 0 Å². The smallest absolute Gasteiger partial charge is 0.255 e. The third kappa shape index (κ3) is 4.49. The molecule has 0 bridgehead atoms. The van der Waals surface area contributed by atoms with Gasteiger partial charge in [0, 0.05) is 5.54 Å². The molecule has 0 saturated carbocycles. The molecule has 0 saturated heterocycles. The maximum atomic E-state index is 12.4. The molecule has 0 unspecified atom stereocenters. The molecule has 0 aromatic heterocycles. The summed E-state index contributed by atoms with van der Waals surface area (Å²) in [5, 5.41) is 4.10. The van der Waals surface area contributed by atoms with Crippen LogP contribution in [0.1, 0.15) is 31.1 Å². The van der Waals surface area contributed by atoms with Gasteiger partial charge in [-0.15, -0.1) is 0 Å². The van der Waals surface area contributed by atoms with Crippen molar-refractivity contribution in [1.82, 2.24) is 5.32 Å². The first kappa shape index (κ1) is 17.6. The van der Waals surface area contributed by atoms with Crippen molar-refractivity contribution in [3.05, 3.63) is 17.7 Å². The van der Waals surface area contributed by atoms with Crippen LogP contribution in [0.2, 0.25) is 19.6 Å². The summed E-state index contributed by atoms with van der Waals surface area (Å²) in [5.41, 5.74) is 0.207. The zero-order valence-electron chi connectivity index (χ0n) is 14.4. The van der Waals surface area contributed by atoms with Crippen LogP contribution in [-0.4, -0.2) is 33.7 Å². The van der Waals surface area contributed by atoms with Gasteiger partial charge in [0.05, 0.1) is 27.9 Å². The van der Waals surface area contributed by atoms with Gasteiger partial charge in [-0.1, -0.05) is 19.6 Å². The van der Waals surface area contributed by atoms with Crippen molar-refractivity contribution in [2.75, 3.05) is 14.2 Å². The van der Waals surface area contributed by atoms with Gasteiger partial charge in [0.1, 0.15) is 11.5 Å². The SMILES string of the molecule is COc1cc([Si](C)(C)C)c(OC)cc1C(=O)NC(C)(C)C. The van der Waals surface area contributed by atoms with Crippen molar-refractivity contribution < 1.29 is 14.3 Å². The summed E-state index contributed by atoms with van der Waals surface area (Å²) >= 11 is 0. The first-order chi connectivity index (χ1) is 9.49. The van der Waals surface area contributed by atoms with Crippen molar-refractivity contribution in [2.24, 2.45) is 0 Å². The van der Waals surface area contributed by atoms with Crippen molar-refractivity contribution in [3.63, 3.8) is 0 Å². The van der Waals surface area contributed by atoms with Gasteiger partial charge in [-0.3, -0.25) is 4.79 Å². The van der Waals surface area contributed by atoms with E-state index in [-0.39, 0.29) is 11.4 Å². The Kier molecular flexibility index (Phi) is 5.10. The average Bonchev–Trinajstić information content (AvgIpc) is 2.33. The van der Waals surface area contributed by atoms with Crippen LogP contribution in [0, 0.1) is 0 Å². The Labute approximate surface area is 128 Å². The van der Waals surface area contributed by atoms with Gasteiger partial charge >= 0.3 is 0 Å². The lowest BCUT2D eigenvalue weighted by Crippen LogP contribution is -2.42. The first-order valence-corrected chi connectivity index (χ1v) is 10.6. The van der Waals surface area contributed by atoms with Crippen LogP contribution in [0.3, 0.4) is 0 Å². The van der Waals surface area contributed by atoms with E-state index in [1.54, 1.807) is 20.3 Å². The minimum absolute atomic E-state index is 0.153. The Bertz CT molecular complexity index is 528. The zero-order chi connectivity index (χ0) is 16.4. The van der Waals surface area contributed by atoms with E-state index in [2.05, 4.69) is 25.0 Å². The number of hydrogen-bond donors (Lipinski definition) is 1. The number of amides is 1. The van der Waals surface area contributed by atoms with Gasteiger partial charge in [-0.25, -0.2) is 0 Å². The van der Waals surface area contributed by atoms with Gasteiger partial charge in [0.15, 0.2) is 0 Å². The summed E-state index contributed by atoms with van der Waals surface area (Å²) in [4.78, 5) is 12.4. The normalized spacial score (nSPS) is 12.0. The Hall–Kier alpha value is -1.49. The maximum Gasteiger partial charge on any atom is 0.255 e. The quantitative estimate of drug-likeness (QED) is 0.870. The zero-order valence-corrected chi connectivity index (χ0v) is 15.4. The topological polar surface area (TPSA) is 47.6 Å². The number of methoxy groups -OCH3 is 2. The highest BCUT2D eigenvalue weighted by atomic mass is 28.3. The molecule has 0 fully saturated rings. The molecule has 0 atom stereocenters. The number of carbonyl (C=O) groups excluding carboxylic acids is 1. The summed E-state index contributed by atoms with van der Waals surface area (Å²) < 4.78 is 10.9. The van der Waals surface area contributed by atoms with Crippen molar-refractivity contribution >= 4 is 19.2 Å². The second-order valence-corrected chi connectivity index (χ2v) is 12.2. The van der Waals surface area contributed by atoms with Crippen LogP contribution in [0.4, 0.5) is 0 Å². The van der Waals surface area contributed by atoms with E-state index >= 15 is 0 Å². The number of benzene rings is 1. The number of ether oxygens (including phenoxy) is 2. The minimum atomic E-state index is -1.59. The number of nitrogens with one attached hydrogen (secondary N) is 1. The van der Waals surface area contributed by atoms with E-state index in [1.807, 2.05) is 26.8 Å². The lowest BCUT2D eigenvalue weighted by molar-refractivity contribution is 0.0916. The summed E-state index contributed by atoms with van der Waals surface area (Å²) in [6, 6.07) is 3.73. The molecule has 118 valence electrons. The van der Waals surface area contributed by atoms with E-state index in [9.17, 15) is 4.79 Å².